The molecule has 0 aliphatic carbocycles. The quantitative estimate of drug-likeness (QED) is 0.835. The van der Waals surface area contributed by atoms with Crippen LogP contribution in [0.3, 0.4) is 0 Å². The number of benzene rings is 1. The van der Waals surface area contributed by atoms with Crippen molar-refractivity contribution in [3.05, 3.63) is 36.2 Å². The average molecular weight is 269 g/mol. The first-order valence-corrected chi connectivity index (χ1v) is 7.44. The van der Waals surface area contributed by atoms with Gasteiger partial charge in [-0.05, 0) is 42.0 Å². The molecule has 1 saturated heterocycles. The molecule has 1 fully saturated rings. The maximum atomic E-state index is 4.39. The molecule has 1 aliphatic rings. The fourth-order valence-electron chi connectivity index (χ4n) is 3.05. The molecule has 3 nitrogen and oxygen atoms in total. The minimum Gasteiger partial charge on any atom is -0.299 e. The van der Waals surface area contributed by atoms with Gasteiger partial charge < -0.3 is 0 Å². The van der Waals surface area contributed by atoms with E-state index in [4.69, 9.17) is 0 Å². The van der Waals surface area contributed by atoms with E-state index in [0.717, 1.165) is 23.5 Å². The Kier molecular flexibility index (Phi) is 3.47. The summed E-state index contributed by atoms with van der Waals surface area (Å²) < 4.78 is 0. The standard InChI is InChI=1S/C17H23N3/c1-17(2,3)14-6-9-20(12-14)11-13-4-5-15-16(10-13)19-8-7-18-15/h4-5,7-8,10,14H,6,9,11-12H2,1-3H3. The highest BCUT2D eigenvalue weighted by molar-refractivity contribution is 5.74. The Balaban J connectivity index is 1.71. The number of fused-ring (bicyclic) bond motifs is 1. The van der Waals surface area contributed by atoms with E-state index < -0.39 is 0 Å². The largest absolute Gasteiger partial charge is 0.299 e. The fraction of sp³-hybridized carbons (Fsp3) is 0.529. The summed E-state index contributed by atoms with van der Waals surface area (Å²) in [6.45, 7) is 10.5. The van der Waals surface area contributed by atoms with Gasteiger partial charge in [0.1, 0.15) is 0 Å². The van der Waals surface area contributed by atoms with Crippen LogP contribution in [-0.4, -0.2) is 28.0 Å². The van der Waals surface area contributed by atoms with Crippen molar-refractivity contribution in [1.82, 2.24) is 14.9 Å². The molecular weight excluding hydrogens is 246 g/mol. The first-order valence-electron chi connectivity index (χ1n) is 7.44. The van der Waals surface area contributed by atoms with E-state index in [2.05, 4.69) is 53.8 Å². The van der Waals surface area contributed by atoms with Gasteiger partial charge in [0.05, 0.1) is 11.0 Å². The summed E-state index contributed by atoms with van der Waals surface area (Å²) in [5, 5.41) is 0. The molecule has 0 spiro atoms. The third-order valence-electron chi connectivity index (χ3n) is 4.44. The van der Waals surface area contributed by atoms with E-state index in [0.29, 0.717) is 5.41 Å². The first kappa shape index (κ1) is 13.5. The maximum absolute atomic E-state index is 4.39. The molecule has 1 atom stereocenters. The van der Waals surface area contributed by atoms with E-state index >= 15 is 0 Å². The summed E-state index contributed by atoms with van der Waals surface area (Å²) in [4.78, 5) is 11.3. The molecule has 0 bridgehead atoms. The average Bonchev–Trinajstić information content (AvgIpc) is 2.87. The second kappa shape index (κ2) is 5.13. The van der Waals surface area contributed by atoms with Gasteiger partial charge in [-0.3, -0.25) is 14.9 Å². The van der Waals surface area contributed by atoms with Gasteiger partial charge in [0.15, 0.2) is 0 Å². The van der Waals surface area contributed by atoms with E-state index in [-0.39, 0.29) is 0 Å². The van der Waals surface area contributed by atoms with E-state index in [1.54, 1.807) is 12.4 Å². The number of rotatable bonds is 2. The Morgan fingerprint density at radius 1 is 1.15 bits per heavy atom. The van der Waals surface area contributed by atoms with Crippen LogP contribution in [0.25, 0.3) is 11.0 Å². The van der Waals surface area contributed by atoms with Gasteiger partial charge in [-0.1, -0.05) is 26.8 Å². The van der Waals surface area contributed by atoms with Crippen molar-refractivity contribution in [3.63, 3.8) is 0 Å². The first-order chi connectivity index (χ1) is 9.52. The molecule has 0 amide bonds. The van der Waals surface area contributed by atoms with Gasteiger partial charge in [-0.15, -0.1) is 0 Å². The van der Waals surface area contributed by atoms with Crippen molar-refractivity contribution in [3.8, 4) is 0 Å². The number of hydrogen-bond acceptors (Lipinski definition) is 3. The van der Waals surface area contributed by atoms with Crippen LogP contribution < -0.4 is 0 Å². The molecule has 3 rings (SSSR count). The van der Waals surface area contributed by atoms with Crippen LogP contribution in [0.5, 0.6) is 0 Å². The summed E-state index contributed by atoms with van der Waals surface area (Å²) in [5.74, 6) is 0.808. The van der Waals surface area contributed by atoms with Crippen LogP contribution in [-0.2, 0) is 6.54 Å². The van der Waals surface area contributed by atoms with Gasteiger partial charge in [0.25, 0.3) is 0 Å². The Bertz CT molecular complexity index is 600. The summed E-state index contributed by atoms with van der Waals surface area (Å²) in [5.41, 5.74) is 3.73. The highest BCUT2D eigenvalue weighted by Gasteiger charge is 2.31. The summed E-state index contributed by atoms with van der Waals surface area (Å²) >= 11 is 0. The number of aromatic nitrogens is 2. The second-order valence-corrected chi connectivity index (χ2v) is 6.97. The minimum atomic E-state index is 0.420. The lowest BCUT2D eigenvalue weighted by Crippen LogP contribution is -2.25. The molecule has 2 aromatic rings. The van der Waals surface area contributed by atoms with Gasteiger partial charge >= 0.3 is 0 Å². The zero-order valence-electron chi connectivity index (χ0n) is 12.6. The van der Waals surface area contributed by atoms with Gasteiger partial charge in [-0.25, -0.2) is 0 Å². The summed E-state index contributed by atoms with van der Waals surface area (Å²) in [6.07, 6.45) is 4.82. The molecule has 106 valence electrons. The van der Waals surface area contributed by atoms with Crippen molar-refractivity contribution < 1.29 is 0 Å². The fourth-order valence-corrected chi connectivity index (χ4v) is 3.05. The highest BCUT2D eigenvalue weighted by atomic mass is 15.1. The molecule has 1 aliphatic heterocycles. The number of hydrogen-bond donors (Lipinski definition) is 0. The van der Waals surface area contributed by atoms with Gasteiger partial charge in [0, 0.05) is 25.5 Å². The molecule has 1 unspecified atom stereocenters. The third-order valence-corrected chi connectivity index (χ3v) is 4.44. The van der Waals surface area contributed by atoms with Crippen LogP contribution in [0.15, 0.2) is 30.6 Å². The van der Waals surface area contributed by atoms with Crippen LogP contribution in [0.2, 0.25) is 0 Å². The molecule has 3 heteroatoms. The second-order valence-electron chi connectivity index (χ2n) is 6.97. The van der Waals surface area contributed by atoms with Crippen LogP contribution in [0, 0.1) is 11.3 Å². The molecule has 0 N–H and O–H groups in total. The SMILES string of the molecule is CC(C)(C)C1CCN(Cc2ccc3nccnc3c2)C1. The monoisotopic (exact) mass is 269 g/mol. The smallest absolute Gasteiger partial charge is 0.0890 e. The third kappa shape index (κ3) is 2.83. The predicted octanol–water partition coefficient (Wildman–Crippen LogP) is 3.50. The molecular formula is C17H23N3. The molecule has 1 aromatic heterocycles. The van der Waals surface area contributed by atoms with Crippen LogP contribution >= 0.6 is 0 Å². The van der Waals surface area contributed by atoms with Crippen molar-refractivity contribution >= 4 is 11.0 Å². The lowest BCUT2D eigenvalue weighted by Gasteiger charge is -2.27. The van der Waals surface area contributed by atoms with Gasteiger partial charge in [-0.2, -0.15) is 0 Å². The van der Waals surface area contributed by atoms with Crippen LogP contribution in [0.4, 0.5) is 0 Å². The number of likely N-dealkylation sites (tertiary alicyclic amines) is 1. The van der Waals surface area contributed by atoms with E-state index in [9.17, 15) is 0 Å². The molecule has 0 saturated carbocycles. The normalized spacial score (nSPS) is 20.6. The zero-order valence-corrected chi connectivity index (χ0v) is 12.6. The predicted molar refractivity (Wildman–Crippen MR) is 82.4 cm³/mol. The lowest BCUT2D eigenvalue weighted by atomic mass is 9.80. The minimum absolute atomic E-state index is 0.420. The molecule has 2 heterocycles. The van der Waals surface area contributed by atoms with Crippen molar-refractivity contribution in [2.24, 2.45) is 11.3 Å². The van der Waals surface area contributed by atoms with E-state index in [1.165, 1.54) is 25.1 Å². The summed E-state index contributed by atoms with van der Waals surface area (Å²) in [7, 11) is 0. The molecule has 20 heavy (non-hydrogen) atoms. The van der Waals surface area contributed by atoms with Crippen molar-refractivity contribution in [1.29, 1.82) is 0 Å². The number of nitrogens with zero attached hydrogens (tertiary/aromatic N) is 3. The van der Waals surface area contributed by atoms with Gasteiger partial charge in [0.2, 0.25) is 0 Å². The maximum Gasteiger partial charge on any atom is 0.0890 e. The van der Waals surface area contributed by atoms with Crippen molar-refractivity contribution in [2.45, 2.75) is 33.7 Å². The zero-order chi connectivity index (χ0) is 14.2. The Morgan fingerprint density at radius 3 is 2.60 bits per heavy atom. The van der Waals surface area contributed by atoms with E-state index in [1.807, 2.05) is 0 Å². The molecule has 0 radical (unpaired) electrons. The topological polar surface area (TPSA) is 29.0 Å². The highest BCUT2D eigenvalue weighted by Crippen LogP contribution is 2.34. The lowest BCUT2D eigenvalue weighted by molar-refractivity contribution is 0.226. The Labute approximate surface area is 121 Å². The Hall–Kier alpha value is -1.48. The Morgan fingerprint density at radius 2 is 1.90 bits per heavy atom. The molecule has 1 aromatic carbocycles. The summed E-state index contributed by atoms with van der Waals surface area (Å²) in [6, 6.07) is 6.43. The van der Waals surface area contributed by atoms with Crippen LogP contribution in [0.1, 0.15) is 32.8 Å². The van der Waals surface area contributed by atoms with Crippen molar-refractivity contribution in [2.75, 3.05) is 13.1 Å².